The first-order chi connectivity index (χ1) is 11.7. The summed E-state index contributed by atoms with van der Waals surface area (Å²) < 4.78 is 11.2. The Labute approximate surface area is 141 Å². The highest BCUT2D eigenvalue weighted by Crippen LogP contribution is 2.19. The van der Waals surface area contributed by atoms with Crippen LogP contribution in [0.3, 0.4) is 0 Å². The average Bonchev–Trinajstić information content (AvgIpc) is 3.04. The molecule has 0 unspecified atom stereocenters. The van der Waals surface area contributed by atoms with E-state index >= 15 is 0 Å². The van der Waals surface area contributed by atoms with Crippen LogP contribution in [0.2, 0.25) is 0 Å². The zero-order valence-electron chi connectivity index (χ0n) is 13.9. The summed E-state index contributed by atoms with van der Waals surface area (Å²) in [6, 6.07) is 9.06. The summed E-state index contributed by atoms with van der Waals surface area (Å²) in [5, 5.41) is 9.82. The molecule has 3 rings (SSSR count). The Balaban J connectivity index is 1.56. The number of aromatic amines is 1. The number of aromatic nitrogens is 2. The molecule has 6 heteroatoms. The zero-order valence-corrected chi connectivity index (χ0v) is 13.9. The van der Waals surface area contributed by atoms with Crippen LogP contribution in [0.1, 0.15) is 42.2 Å². The maximum Gasteiger partial charge on any atom is 0.256 e. The van der Waals surface area contributed by atoms with Crippen molar-refractivity contribution in [1.29, 1.82) is 0 Å². The monoisotopic (exact) mass is 329 g/mol. The van der Waals surface area contributed by atoms with Crippen LogP contribution < -0.4 is 10.1 Å². The van der Waals surface area contributed by atoms with Crippen LogP contribution in [0, 0.1) is 0 Å². The van der Waals surface area contributed by atoms with Gasteiger partial charge in [0.1, 0.15) is 11.9 Å². The number of carbonyl (C=O) groups is 1. The van der Waals surface area contributed by atoms with Crippen LogP contribution in [-0.2, 0) is 11.2 Å². The van der Waals surface area contributed by atoms with Crippen molar-refractivity contribution in [3.63, 3.8) is 0 Å². The number of nitrogens with zero attached hydrogens (tertiary/aromatic N) is 1. The molecule has 1 aromatic carbocycles. The van der Waals surface area contributed by atoms with E-state index in [1.165, 1.54) is 0 Å². The van der Waals surface area contributed by atoms with E-state index in [0.717, 1.165) is 50.3 Å². The molecule has 1 aliphatic heterocycles. The van der Waals surface area contributed by atoms with E-state index in [4.69, 9.17) is 9.47 Å². The summed E-state index contributed by atoms with van der Waals surface area (Å²) in [6.45, 7) is 3.59. The van der Waals surface area contributed by atoms with Gasteiger partial charge in [0, 0.05) is 30.2 Å². The summed E-state index contributed by atoms with van der Waals surface area (Å²) >= 11 is 0. The van der Waals surface area contributed by atoms with Gasteiger partial charge >= 0.3 is 0 Å². The Bertz CT molecular complexity index is 660. The van der Waals surface area contributed by atoms with E-state index in [2.05, 4.69) is 22.4 Å². The van der Waals surface area contributed by atoms with Crippen LogP contribution in [0.25, 0.3) is 0 Å². The van der Waals surface area contributed by atoms with Gasteiger partial charge < -0.3 is 14.8 Å². The summed E-state index contributed by atoms with van der Waals surface area (Å²) in [7, 11) is 0. The molecule has 0 radical (unpaired) electrons. The lowest BCUT2D eigenvalue weighted by molar-refractivity contribution is 0.0256. The fourth-order valence-corrected chi connectivity index (χ4v) is 2.68. The molecule has 0 saturated carbocycles. The molecular formula is C18H23N3O3. The van der Waals surface area contributed by atoms with Crippen molar-refractivity contribution >= 4 is 11.7 Å². The van der Waals surface area contributed by atoms with Crippen molar-refractivity contribution in [3.8, 4) is 5.75 Å². The van der Waals surface area contributed by atoms with Gasteiger partial charge in [-0.2, -0.15) is 5.10 Å². The minimum atomic E-state index is -0.179. The lowest BCUT2D eigenvalue weighted by atomic mass is 10.1. The molecule has 1 aromatic heterocycles. The number of ether oxygens (including phenoxy) is 2. The molecule has 2 heterocycles. The highest BCUT2D eigenvalue weighted by molar-refractivity contribution is 6.03. The second kappa shape index (κ2) is 7.97. The Morgan fingerprint density at radius 1 is 1.33 bits per heavy atom. The third-order valence-electron chi connectivity index (χ3n) is 3.98. The normalized spacial score (nSPS) is 15.2. The predicted octanol–water partition coefficient (Wildman–Crippen LogP) is 3.17. The number of anilines is 1. The number of amides is 1. The summed E-state index contributed by atoms with van der Waals surface area (Å²) in [6.07, 6.45) is 3.95. The highest BCUT2D eigenvalue weighted by atomic mass is 16.5. The topological polar surface area (TPSA) is 76.2 Å². The molecule has 2 aromatic rings. The van der Waals surface area contributed by atoms with Gasteiger partial charge in [0.05, 0.1) is 13.2 Å². The van der Waals surface area contributed by atoms with E-state index in [1.807, 2.05) is 18.2 Å². The van der Waals surface area contributed by atoms with Crippen LogP contribution in [0.4, 0.5) is 5.82 Å². The number of H-pyrrole nitrogens is 1. The number of benzene rings is 1. The third kappa shape index (κ3) is 4.35. The minimum Gasteiger partial charge on any atom is -0.490 e. The van der Waals surface area contributed by atoms with Crippen molar-refractivity contribution in [2.24, 2.45) is 0 Å². The van der Waals surface area contributed by atoms with E-state index in [-0.39, 0.29) is 12.0 Å². The molecule has 0 atom stereocenters. The summed E-state index contributed by atoms with van der Waals surface area (Å²) in [5.74, 6) is 1.15. The van der Waals surface area contributed by atoms with E-state index in [0.29, 0.717) is 11.4 Å². The summed E-state index contributed by atoms with van der Waals surface area (Å²) in [4.78, 5) is 12.3. The van der Waals surface area contributed by atoms with E-state index in [1.54, 1.807) is 12.1 Å². The Kier molecular flexibility index (Phi) is 5.48. The van der Waals surface area contributed by atoms with Crippen molar-refractivity contribution in [2.45, 2.75) is 38.7 Å². The van der Waals surface area contributed by atoms with Crippen LogP contribution >= 0.6 is 0 Å². The van der Waals surface area contributed by atoms with Gasteiger partial charge in [-0.3, -0.25) is 9.89 Å². The third-order valence-corrected chi connectivity index (χ3v) is 3.98. The van der Waals surface area contributed by atoms with Crippen molar-refractivity contribution < 1.29 is 14.3 Å². The number of carbonyl (C=O) groups excluding carboxylic acids is 1. The molecule has 6 nitrogen and oxygen atoms in total. The number of hydrogen-bond acceptors (Lipinski definition) is 4. The quantitative estimate of drug-likeness (QED) is 0.853. The molecule has 1 aliphatic rings. The maximum absolute atomic E-state index is 12.3. The fraction of sp³-hybridized carbons (Fsp3) is 0.444. The smallest absolute Gasteiger partial charge is 0.256 e. The van der Waals surface area contributed by atoms with Gasteiger partial charge in [-0.05, 0) is 30.7 Å². The lowest BCUT2D eigenvalue weighted by Crippen LogP contribution is -2.25. The Morgan fingerprint density at radius 2 is 2.08 bits per heavy atom. The number of nitrogens with one attached hydrogen (secondary N) is 2. The minimum absolute atomic E-state index is 0.179. The molecule has 1 amide bonds. The Morgan fingerprint density at radius 3 is 2.79 bits per heavy atom. The lowest BCUT2D eigenvalue weighted by Gasteiger charge is -2.23. The first-order valence-electron chi connectivity index (χ1n) is 8.44. The number of hydrogen-bond donors (Lipinski definition) is 2. The zero-order chi connectivity index (χ0) is 16.8. The predicted molar refractivity (Wildman–Crippen MR) is 91.4 cm³/mol. The molecule has 1 fully saturated rings. The molecular weight excluding hydrogens is 306 g/mol. The van der Waals surface area contributed by atoms with E-state index < -0.39 is 0 Å². The first-order valence-corrected chi connectivity index (χ1v) is 8.44. The summed E-state index contributed by atoms with van der Waals surface area (Å²) in [5.41, 5.74) is 1.60. The molecule has 2 N–H and O–H groups in total. The van der Waals surface area contributed by atoms with Gasteiger partial charge in [0.25, 0.3) is 5.91 Å². The Hall–Kier alpha value is -2.34. The van der Waals surface area contributed by atoms with Gasteiger partial charge in [-0.25, -0.2) is 0 Å². The van der Waals surface area contributed by atoms with Crippen LogP contribution in [0.5, 0.6) is 5.75 Å². The van der Waals surface area contributed by atoms with Crippen molar-refractivity contribution in [2.75, 3.05) is 18.5 Å². The largest absolute Gasteiger partial charge is 0.490 e. The average molecular weight is 329 g/mol. The maximum atomic E-state index is 12.3. The molecule has 24 heavy (non-hydrogen) atoms. The molecule has 0 bridgehead atoms. The molecule has 0 aliphatic carbocycles. The second-order valence-electron chi connectivity index (χ2n) is 5.94. The van der Waals surface area contributed by atoms with Gasteiger partial charge in [0.2, 0.25) is 0 Å². The van der Waals surface area contributed by atoms with Crippen LogP contribution in [0.15, 0.2) is 30.3 Å². The van der Waals surface area contributed by atoms with Crippen molar-refractivity contribution in [1.82, 2.24) is 10.2 Å². The SMILES string of the molecule is CCCc1cc(NC(=O)c2ccc(OC3CCOCC3)cc2)n[nH]1. The first kappa shape index (κ1) is 16.5. The number of rotatable bonds is 6. The fourth-order valence-electron chi connectivity index (χ4n) is 2.68. The van der Waals surface area contributed by atoms with Crippen molar-refractivity contribution in [3.05, 3.63) is 41.6 Å². The second-order valence-corrected chi connectivity index (χ2v) is 5.94. The molecule has 1 saturated heterocycles. The highest BCUT2D eigenvalue weighted by Gasteiger charge is 2.15. The van der Waals surface area contributed by atoms with Gasteiger partial charge in [0.15, 0.2) is 5.82 Å². The van der Waals surface area contributed by atoms with E-state index in [9.17, 15) is 4.79 Å². The van der Waals surface area contributed by atoms with Gasteiger partial charge in [-0.15, -0.1) is 0 Å². The van der Waals surface area contributed by atoms with Crippen LogP contribution in [-0.4, -0.2) is 35.4 Å². The van der Waals surface area contributed by atoms with Gasteiger partial charge in [-0.1, -0.05) is 13.3 Å². The molecule has 128 valence electrons. The number of aryl methyl sites for hydroxylation is 1. The molecule has 0 spiro atoms. The standard InChI is InChI=1S/C18H23N3O3/c1-2-3-14-12-17(21-20-14)19-18(22)13-4-6-15(7-5-13)24-16-8-10-23-11-9-16/h4-7,12,16H,2-3,8-11H2,1H3,(H2,19,20,21,22).